The van der Waals surface area contributed by atoms with Crippen LogP contribution in [0.1, 0.15) is 40.1 Å². The summed E-state index contributed by atoms with van der Waals surface area (Å²) < 4.78 is 5.02. The van der Waals surface area contributed by atoms with E-state index in [1.807, 2.05) is 16.7 Å². The van der Waals surface area contributed by atoms with Gasteiger partial charge in [0, 0.05) is 36.6 Å². The lowest BCUT2D eigenvalue weighted by Gasteiger charge is -2.21. The van der Waals surface area contributed by atoms with Gasteiger partial charge in [0.25, 0.3) is 5.91 Å². The molecule has 136 valence electrons. The molecule has 1 saturated heterocycles. The fourth-order valence-corrected chi connectivity index (χ4v) is 4.51. The molecule has 1 heterocycles. The lowest BCUT2D eigenvalue weighted by molar-refractivity contribution is -0.131. The molecule has 0 bridgehead atoms. The van der Waals surface area contributed by atoms with Gasteiger partial charge in [0.05, 0.1) is 0 Å². The van der Waals surface area contributed by atoms with Crippen molar-refractivity contribution in [2.75, 3.05) is 18.8 Å². The third kappa shape index (κ3) is 4.47. The zero-order valence-electron chi connectivity index (χ0n) is 15.1. The molecule has 1 atom stereocenters. The summed E-state index contributed by atoms with van der Waals surface area (Å²) in [6, 6.07) is 15.3. The summed E-state index contributed by atoms with van der Waals surface area (Å²) in [6.45, 7) is 5.00. The van der Waals surface area contributed by atoms with Crippen LogP contribution in [0.4, 0.5) is 0 Å². The van der Waals surface area contributed by atoms with Gasteiger partial charge < -0.3 is 9.64 Å². The fraction of sp³-hybridized carbons (Fsp3) is 0.333. The number of thioether (sulfide) groups is 1. The van der Waals surface area contributed by atoms with Gasteiger partial charge in [-0.15, -0.1) is 0 Å². The molecule has 3 rings (SSSR count). The summed E-state index contributed by atoms with van der Waals surface area (Å²) in [5.74, 6) is 1.05. The van der Waals surface area contributed by atoms with Crippen molar-refractivity contribution in [3.05, 3.63) is 65.2 Å². The maximum atomic E-state index is 12.8. The van der Waals surface area contributed by atoms with E-state index in [0.717, 1.165) is 25.3 Å². The van der Waals surface area contributed by atoms with Crippen LogP contribution in [-0.4, -0.2) is 35.6 Å². The van der Waals surface area contributed by atoms with E-state index < -0.39 is 0 Å². The Bertz CT molecular complexity index is 788. The van der Waals surface area contributed by atoms with Crippen LogP contribution in [0.3, 0.4) is 0 Å². The number of carbonyl (C=O) groups excluding carboxylic acids is 2. The lowest BCUT2D eigenvalue weighted by atomic mass is 10.0. The topological polar surface area (TPSA) is 46.6 Å². The SMILES string of the molecule is CC(=O)Oc1ccc(C(=O)N2CCS[C@H](c3ccccc3C)CC2)cc1. The molecule has 1 fully saturated rings. The van der Waals surface area contributed by atoms with Crippen LogP contribution in [0.15, 0.2) is 48.5 Å². The summed E-state index contributed by atoms with van der Waals surface area (Å²) in [4.78, 5) is 25.7. The van der Waals surface area contributed by atoms with Crippen LogP contribution in [0.25, 0.3) is 0 Å². The number of hydrogen-bond acceptors (Lipinski definition) is 4. The number of amides is 1. The third-order valence-corrected chi connectivity index (χ3v) is 5.84. The first kappa shape index (κ1) is 18.5. The maximum absolute atomic E-state index is 12.8. The summed E-state index contributed by atoms with van der Waals surface area (Å²) in [5, 5.41) is 0.431. The van der Waals surface area contributed by atoms with Crippen molar-refractivity contribution in [2.24, 2.45) is 0 Å². The molecule has 5 heteroatoms. The molecule has 0 spiro atoms. The van der Waals surface area contributed by atoms with Crippen molar-refractivity contribution in [3.8, 4) is 5.75 Å². The molecule has 0 aromatic heterocycles. The highest BCUT2D eigenvalue weighted by molar-refractivity contribution is 7.99. The molecule has 2 aromatic rings. The van der Waals surface area contributed by atoms with Gasteiger partial charge in [0.1, 0.15) is 5.75 Å². The number of rotatable bonds is 3. The largest absolute Gasteiger partial charge is 0.427 e. The molecule has 1 aliphatic heterocycles. The Morgan fingerprint density at radius 1 is 1.08 bits per heavy atom. The van der Waals surface area contributed by atoms with Gasteiger partial charge in [-0.25, -0.2) is 0 Å². The fourth-order valence-electron chi connectivity index (χ4n) is 3.18. The predicted octanol–water partition coefficient (Wildman–Crippen LogP) is 4.24. The summed E-state index contributed by atoms with van der Waals surface area (Å²) in [7, 11) is 0. The van der Waals surface area contributed by atoms with Crippen molar-refractivity contribution >= 4 is 23.6 Å². The van der Waals surface area contributed by atoms with E-state index in [4.69, 9.17) is 4.74 Å². The van der Waals surface area contributed by atoms with Crippen LogP contribution < -0.4 is 4.74 Å². The minimum Gasteiger partial charge on any atom is -0.427 e. The number of benzene rings is 2. The molecular weight excluding hydrogens is 346 g/mol. The van der Waals surface area contributed by atoms with Gasteiger partial charge in [-0.1, -0.05) is 24.3 Å². The number of carbonyl (C=O) groups is 2. The molecule has 0 unspecified atom stereocenters. The van der Waals surface area contributed by atoms with Crippen molar-refractivity contribution < 1.29 is 14.3 Å². The van der Waals surface area contributed by atoms with E-state index in [0.29, 0.717) is 16.6 Å². The minimum absolute atomic E-state index is 0.0328. The maximum Gasteiger partial charge on any atom is 0.308 e. The Labute approximate surface area is 158 Å². The zero-order chi connectivity index (χ0) is 18.5. The van der Waals surface area contributed by atoms with Gasteiger partial charge >= 0.3 is 5.97 Å². The highest BCUT2D eigenvalue weighted by atomic mass is 32.2. The highest BCUT2D eigenvalue weighted by Crippen LogP contribution is 2.36. The molecule has 4 nitrogen and oxygen atoms in total. The number of hydrogen-bond donors (Lipinski definition) is 0. The van der Waals surface area contributed by atoms with Crippen molar-refractivity contribution in [1.29, 1.82) is 0 Å². The van der Waals surface area contributed by atoms with Gasteiger partial charge in [-0.2, -0.15) is 11.8 Å². The second kappa shape index (κ2) is 8.41. The van der Waals surface area contributed by atoms with Crippen molar-refractivity contribution in [2.45, 2.75) is 25.5 Å². The zero-order valence-corrected chi connectivity index (χ0v) is 15.9. The molecule has 26 heavy (non-hydrogen) atoms. The van der Waals surface area contributed by atoms with Crippen LogP contribution in [0.5, 0.6) is 5.75 Å². The van der Waals surface area contributed by atoms with E-state index >= 15 is 0 Å². The van der Waals surface area contributed by atoms with E-state index in [1.165, 1.54) is 18.1 Å². The van der Waals surface area contributed by atoms with E-state index in [2.05, 4.69) is 31.2 Å². The predicted molar refractivity (Wildman–Crippen MR) is 105 cm³/mol. The Kier molecular flexibility index (Phi) is 5.99. The number of ether oxygens (including phenoxy) is 1. The molecule has 0 aliphatic carbocycles. The molecule has 2 aromatic carbocycles. The van der Waals surface area contributed by atoms with Crippen molar-refractivity contribution in [3.63, 3.8) is 0 Å². The van der Waals surface area contributed by atoms with Gasteiger partial charge in [0.2, 0.25) is 0 Å². The summed E-state index contributed by atoms with van der Waals surface area (Å²) in [5.41, 5.74) is 3.31. The van der Waals surface area contributed by atoms with E-state index in [9.17, 15) is 9.59 Å². The Balaban J connectivity index is 1.66. The normalized spacial score (nSPS) is 17.5. The van der Waals surface area contributed by atoms with E-state index in [-0.39, 0.29) is 11.9 Å². The quantitative estimate of drug-likeness (QED) is 0.600. The second-order valence-corrected chi connectivity index (χ2v) is 7.73. The van der Waals surface area contributed by atoms with Crippen LogP contribution >= 0.6 is 11.8 Å². The van der Waals surface area contributed by atoms with Crippen molar-refractivity contribution in [1.82, 2.24) is 4.90 Å². The first-order valence-corrected chi connectivity index (χ1v) is 9.84. The number of aryl methyl sites for hydroxylation is 1. The number of nitrogens with zero attached hydrogens (tertiary/aromatic N) is 1. The molecule has 0 N–H and O–H groups in total. The first-order valence-electron chi connectivity index (χ1n) is 8.79. The highest BCUT2D eigenvalue weighted by Gasteiger charge is 2.23. The number of esters is 1. The average molecular weight is 369 g/mol. The van der Waals surface area contributed by atoms with Gasteiger partial charge in [0.15, 0.2) is 0 Å². The molecule has 1 aliphatic rings. The van der Waals surface area contributed by atoms with Crippen LogP contribution in [-0.2, 0) is 4.79 Å². The minimum atomic E-state index is -0.365. The second-order valence-electron chi connectivity index (χ2n) is 6.41. The smallest absolute Gasteiger partial charge is 0.308 e. The van der Waals surface area contributed by atoms with Crippen LogP contribution in [0, 0.1) is 6.92 Å². The van der Waals surface area contributed by atoms with Gasteiger partial charge in [-0.3, -0.25) is 9.59 Å². The molecular formula is C21H23NO3S. The first-order chi connectivity index (χ1) is 12.5. The Morgan fingerprint density at radius 3 is 2.50 bits per heavy atom. The Morgan fingerprint density at radius 2 is 1.81 bits per heavy atom. The third-order valence-electron chi connectivity index (χ3n) is 4.53. The standard InChI is InChI=1S/C21H23NO3S/c1-15-5-3-4-6-19(15)20-11-12-22(13-14-26-20)21(24)17-7-9-18(10-8-17)25-16(2)23/h3-10,20H,11-14H2,1-2H3/t20-/m0/s1. The molecule has 0 radical (unpaired) electrons. The van der Waals surface area contributed by atoms with Gasteiger partial charge in [-0.05, 0) is 48.7 Å². The lowest BCUT2D eigenvalue weighted by Crippen LogP contribution is -2.32. The monoisotopic (exact) mass is 369 g/mol. The molecule has 0 saturated carbocycles. The van der Waals surface area contributed by atoms with Crippen LogP contribution in [0.2, 0.25) is 0 Å². The summed E-state index contributed by atoms with van der Waals surface area (Å²) >= 11 is 1.93. The average Bonchev–Trinajstić information content (AvgIpc) is 2.88. The Hall–Kier alpha value is -2.27. The summed E-state index contributed by atoms with van der Waals surface area (Å²) in [6.07, 6.45) is 0.951. The molecule has 1 amide bonds. The van der Waals surface area contributed by atoms with E-state index in [1.54, 1.807) is 24.3 Å².